The first-order valence-electron chi connectivity index (χ1n) is 8.74. The summed E-state index contributed by atoms with van der Waals surface area (Å²) < 4.78 is 5.59. The number of carbonyl (C=O) groups is 1. The van der Waals surface area contributed by atoms with Crippen molar-refractivity contribution in [1.29, 1.82) is 0 Å². The predicted octanol–water partition coefficient (Wildman–Crippen LogP) is 4.46. The highest BCUT2D eigenvalue weighted by molar-refractivity contribution is 6.30. The number of carbonyl (C=O) groups excluding carboxylic acids is 1. The molecule has 0 spiro atoms. The Morgan fingerprint density at radius 3 is 2.67 bits per heavy atom. The highest BCUT2D eigenvalue weighted by Gasteiger charge is 2.31. The Labute approximate surface area is 146 Å². The van der Waals surface area contributed by atoms with E-state index in [0.29, 0.717) is 17.5 Å². The number of hydrogen-bond acceptors (Lipinski definition) is 3. The molecule has 0 bridgehead atoms. The second kappa shape index (κ2) is 6.60. The first-order chi connectivity index (χ1) is 11.7. The van der Waals surface area contributed by atoms with Crippen LogP contribution in [0.1, 0.15) is 43.4 Å². The zero-order valence-electron chi connectivity index (χ0n) is 13.6. The van der Waals surface area contributed by atoms with Crippen LogP contribution < -0.4 is 0 Å². The number of nitrogens with zero attached hydrogens (tertiary/aromatic N) is 2. The zero-order chi connectivity index (χ0) is 16.5. The number of rotatable bonds is 2. The van der Waals surface area contributed by atoms with Crippen LogP contribution in [-0.2, 0) is 17.8 Å². The first-order valence-corrected chi connectivity index (χ1v) is 9.12. The van der Waals surface area contributed by atoms with E-state index in [0.717, 1.165) is 48.4 Å². The largest absolute Gasteiger partial charge is 0.356 e. The summed E-state index contributed by atoms with van der Waals surface area (Å²) in [6, 6.07) is 7.60. The molecule has 1 fully saturated rings. The summed E-state index contributed by atoms with van der Waals surface area (Å²) in [6.45, 7) is 1.33. The third-order valence-electron chi connectivity index (χ3n) is 5.21. The molecule has 1 aromatic carbocycles. The van der Waals surface area contributed by atoms with Crippen molar-refractivity contribution in [3.8, 4) is 11.3 Å². The van der Waals surface area contributed by atoms with Crippen LogP contribution in [0.4, 0.5) is 0 Å². The maximum absolute atomic E-state index is 12.7. The molecule has 24 heavy (non-hydrogen) atoms. The molecule has 0 atom stereocenters. The van der Waals surface area contributed by atoms with Gasteiger partial charge in [0.2, 0.25) is 5.91 Å². The van der Waals surface area contributed by atoms with Crippen LogP contribution >= 0.6 is 11.6 Å². The molecule has 1 amide bonds. The molecular weight excluding hydrogens is 324 g/mol. The second-order valence-corrected chi connectivity index (χ2v) is 7.23. The Bertz CT molecular complexity index is 732. The summed E-state index contributed by atoms with van der Waals surface area (Å²) in [5.74, 6) is 1.32. The minimum Gasteiger partial charge on any atom is -0.356 e. The number of amides is 1. The van der Waals surface area contributed by atoms with Crippen molar-refractivity contribution in [1.82, 2.24) is 10.1 Å². The number of hydrogen-bond donors (Lipinski definition) is 0. The third kappa shape index (κ3) is 2.95. The van der Waals surface area contributed by atoms with Crippen molar-refractivity contribution in [3.05, 3.63) is 40.5 Å². The van der Waals surface area contributed by atoms with Gasteiger partial charge in [-0.3, -0.25) is 4.79 Å². The van der Waals surface area contributed by atoms with E-state index in [2.05, 4.69) is 5.16 Å². The van der Waals surface area contributed by atoms with Crippen molar-refractivity contribution < 1.29 is 9.32 Å². The van der Waals surface area contributed by atoms with Gasteiger partial charge < -0.3 is 9.42 Å². The molecule has 2 heterocycles. The molecule has 4 rings (SSSR count). The average molecular weight is 345 g/mol. The fraction of sp³-hybridized carbons (Fsp3) is 0.474. The van der Waals surface area contributed by atoms with Crippen molar-refractivity contribution in [2.75, 3.05) is 6.54 Å². The van der Waals surface area contributed by atoms with Crippen molar-refractivity contribution in [2.24, 2.45) is 5.92 Å². The molecule has 2 aromatic rings. The normalized spacial score (nSPS) is 18.5. The molecule has 0 radical (unpaired) electrons. The molecule has 126 valence electrons. The second-order valence-electron chi connectivity index (χ2n) is 6.79. The molecular formula is C19H21ClN2O2. The van der Waals surface area contributed by atoms with E-state index in [9.17, 15) is 4.79 Å². The van der Waals surface area contributed by atoms with Gasteiger partial charge in [0.1, 0.15) is 5.69 Å². The molecule has 0 saturated heterocycles. The summed E-state index contributed by atoms with van der Waals surface area (Å²) >= 11 is 5.95. The Morgan fingerprint density at radius 2 is 1.92 bits per heavy atom. The molecule has 0 N–H and O–H groups in total. The SMILES string of the molecule is O=C(C1CCCCC1)N1CCc2c(noc2-c2ccc(Cl)cc2)C1. The van der Waals surface area contributed by atoms with E-state index in [1.54, 1.807) is 0 Å². The smallest absolute Gasteiger partial charge is 0.226 e. The number of aromatic nitrogens is 1. The molecule has 1 saturated carbocycles. The minimum absolute atomic E-state index is 0.211. The lowest BCUT2D eigenvalue weighted by molar-refractivity contribution is -0.137. The summed E-state index contributed by atoms with van der Waals surface area (Å²) in [4.78, 5) is 14.7. The van der Waals surface area contributed by atoms with Gasteiger partial charge in [-0.2, -0.15) is 0 Å². The van der Waals surface area contributed by atoms with Crippen LogP contribution in [-0.4, -0.2) is 22.5 Å². The standard InChI is InChI=1S/C19H21ClN2O2/c20-15-8-6-13(7-9-15)18-16-10-11-22(12-17(16)21-24-18)19(23)14-4-2-1-3-5-14/h6-9,14H,1-5,10-12H2. The summed E-state index contributed by atoms with van der Waals surface area (Å²) in [6.07, 6.45) is 6.51. The molecule has 4 nitrogen and oxygen atoms in total. The number of halogens is 1. The van der Waals surface area contributed by atoms with Crippen LogP contribution in [0.25, 0.3) is 11.3 Å². The lowest BCUT2D eigenvalue weighted by atomic mass is 9.87. The maximum atomic E-state index is 12.7. The van der Waals surface area contributed by atoms with E-state index in [1.807, 2.05) is 29.2 Å². The Balaban J connectivity index is 1.52. The fourth-order valence-electron chi connectivity index (χ4n) is 3.85. The van der Waals surface area contributed by atoms with E-state index >= 15 is 0 Å². The topological polar surface area (TPSA) is 46.3 Å². The molecule has 1 aliphatic carbocycles. The minimum atomic E-state index is 0.211. The molecule has 1 aliphatic heterocycles. The fourth-order valence-corrected chi connectivity index (χ4v) is 3.98. The van der Waals surface area contributed by atoms with Crippen LogP contribution in [0.15, 0.2) is 28.8 Å². The average Bonchev–Trinajstić information content (AvgIpc) is 3.05. The monoisotopic (exact) mass is 344 g/mol. The third-order valence-corrected chi connectivity index (χ3v) is 5.47. The van der Waals surface area contributed by atoms with Gasteiger partial charge in [-0.05, 0) is 43.5 Å². The van der Waals surface area contributed by atoms with E-state index in [4.69, 9.17) is 16.1 Å². The predicted molar refractivity (Wildman–Crippen MR) is 92.6 cm³/mol. The lowest BCUT2D eigenvalue weighted by Crippen LogP contribution is -2.40. The summed E-state index contributed by atoms with van der Waals surface area (Å²) in [5, 5.41) is 4.94. The van der Waals surface area contributed by atoms with Gasteiger partial charge in [-0.15, -0.1) is 0 Å². The highest BCUT2D eigenvalue weighted by atomic mass is 35.5. The van der Waals surface area contributed by atoms with Crippen LogP contribution in [0.2, 0.25) is 5.02 Å². The van der Waals surface area contributed by atoms with Gasteiger partial charge in [-0.1, -0.05) is 36.0 Å². The quantitative estimate of drug-likeness (QED) is 0.808. The van der Waals surface area contributed by atoms with Crippen molar-refractivity contribution in [2.45, 2.75) is 45.1 Å². The molecule has 0 unspecified atom stereocenters. The van der Waals surface area contributed by atoms with Crippen LogP contribution in [0.5, 0.6) is 0 Å². The maximum Gasteiger partial charge on any atom is 0.226 e. The summed E-state index contributed by atoms with van der Waals surface area (Å²) in [5.41, 5.74) is 3.01. The number of benzene rings is 1. The van der Waals surface area contributed by atoms with E-state index in [-0.39, 0.29) is 5.92 Å². The van der Waals surface area contributed by atoms with Crippen LogP contribution in [0.3, 0.4) is 0 Å². The lowest BCUT2D eigenvalue weighted by Gasteiger charge is -2.31. The van der Waals surface area contributed by atoms with Gasteiger partial charge in [0, 0.05) is 28.6 Å². The highest BCUT2D eigenvalue weighted by Crippen LogP contribution is 2.32. The van der Waals surface area contributed by atoms with E-state index in [1.165, 1.54) is 19.3 Å². The van der Waals surface area contributed by atoms with Crippen molar-refractivity contribution in [3.63, 3.8) is 0 Å². The van der Waals surface area contributed by atoms with Crippen molar-refractivity contribution >= 4 is 17.5 Å². The zero-order valence-corrected chi connectivity index (χ0v) is 14.4. The van der Waals surface area contributed by atoms with Gasteiger partial charge in [0.05, 0.1) is 6.54 Å². The first kappa shape index (κ1) is 15.7. The van der Waals surface area contributed by atoms with E-state index < -0.39 is 0 Å². The van der Waals surface area contributed by atoms with Gasteiger partial charge in [0.15, 0.2) is 5.76 Å². The molecule has 2 aliphatic rings. The van der Waals surface area contributed by atoms with Gasteiger partial charge in [0.25, 0.3) is 0 Å². The number of fused-ring (bicyclic) bond motifs is 1. The van der Waals surface area contributed by atoms with Crippen LogP contribution in [0, 0.1) is 5.92 Å². The Kier molecular flexibility index (Phi) is 4.31. The Morgan fingerprint density at radius 1 is 1.17 bits per heavy atom. The Hall–Kier alpha value is -1.81. The molecule has 5 heteroatoms. The van der Waals surface area contributed by atoms with Gasteiger partial charge >= 0.3 is 0 Å². The molecule has 1 aromatic heterocycles. The van der Waals surface area contributed by atoms with Gasteiger partial charge in [-0.25, -0.2) is 0 Å². The summed E-state index contributed by atoms with van der Waals surface area (Å²) in [7, 11) is 0.